The summed E-state index contributed by atoms with van der Waals surface area (Å²) in [6.45, 7) is 9.48. The number of nitrogens with one attached hydrogen (secondary N) is 1. The fraction of sp³-hybridized carbons (Fsp3) is 0.464. The second kappa shape index (κ2) is 11.1. The molecule has 0 aromatic heterocycles. The van der Waals surface area contributed by atoms with Crippen molar-refractivity contribution in [1.29, 1.82) is 0 Å². The predicted octanol–water partition coefficient (Wildman–Crippen LogP) is 4.55. The average Bonchev–Trinajstić information content (AvgIpc) is 3.28. The molecule has 0 radical (unpaired) electrons. The number of amidine groups is 1. The number of hydrogen-bond donors (Lipinski definition) is 1. The zero-order valence-corrected chi connectivity index (χ0v) is 24.0. The van der Waals surface area contributed by atoms with E-state index in [9.17, 15) is 18.0 Å². The summed E-state index contributed by atoms with van der Waals surface area (Å²) in [6, 6.07) is 16.0. The zero-order chi connectivity index (χ0) is 27.7. The van der Waals surface area contributed by atoms with Gasteiger partial charge < -0.3 is 15.0 Å². The third-order valence-corrected chi connectivity index (χ3v) is 9.59. The van der Waals surface area contributed by atoms with E-state index in [-0.39, 0.29) is 29.2 Å². The molecule has 2 amide bonds. The number of rotatable bonds is 6. The molecule has 10 heteroatoms. The summed E-state index contributed by atoms with van der Waals surface area (Å²) >= 11 is 1.31. The predicted molar refractivity (Wildman–Crippen MR) is 153 cm³/mol. The first-order valence-electron chi connectivity index (χ1n) is 12.7. The lowest BCUT2D eigenvalue weighted by Gasteiger charge is -2.26. The lowest BCUT2D eigenvalue weighted by Crippen LogP contribution is -2.45. The Balaban J connectivity index is 1.65. The molecule has 3 atom stereocenters. The Labute approximate surface area is 229 Å². The smallest absolute Gasteiger partial charge is 0.408 e. The molecule has 8 nitrogen and oxygen atoms in total. The van der Waals surface area contributed by atoms with Gasteiger partial charge in [-0.15, -0.1) is 0 Å². The second-order valence-electron chi connectivity index (χ2n) is 11.0. The van der Waals surface area contributed by atoms with E-state index in [1.165, 1.54) is 11.8 Å². The molecule has 2 aromatic rings. The van der Waals surface area contributed by atoms with Crippen LogP contribution < -0.4 is 10.2 Å². The Morgan fingerprint density at radius 2 is 1.74 bits per heavy atom. The number of alkyl carbamates (subject to hydrolysis) is 1. The van der Waals surface area contributed by atoms with Crippen molar-refractivity contribution in [2.24, 2.45) is 4.99 Å². The largest absolute Gasteiger partial charge is 0.444 e. The highest BCUT2D eigenvalue weighted by Gasteiger charge is 2.49. The number of nitrogens with zero attached hydrogens (tertiary/aromatic N) is 2. The standard InChI is InChI=1S/C28H35N3O5S2/c1-18(2)20-11-13-21(14-12-20)31-23-16-38(34,35)17-24(23)37-26(31)30-25(32)22(15-19-9-7-6-8-10-19)29-27(33)36-28(3,4)5/h6-14,18,22-24H,15-17H2,1-5H3,(H,29,33)/t22-,23-,24-/m0/s1. The molecule has 0 bridgehead atoms. The Hall–Kier alpha value is -2.85. The molecule has 1 N–H and O–H groups in total. The lowest BCUT2D eigenvalue weighted by atomic mass is 10.0. The van der Waals surface area contributed by atoms with Crippen molar-refractivity contribution in [3.8, 4) is 0 Å². The molecular weight excluding hydrogens is 522 g/mol. The molecule has 4 rings (SSSR count). The van der Waals surface area contributed by atoms with Gasteiger partial charge in [0.15, 0.2) is 15.0 Å². The van der Waals surface area contributed by atoms with E-state index in [1.807, 2.05) is 59.5 Å². The van der Waals surface area contributed by atoms with Gasteiger partial charge in [0.1, 0.15) is 11.6 Å². The van der Waals surface area contributed by atoms with Gasteiger partial charge in [-0.3, -0.25) is 4.79 Å². The monoisotopic (exact) mass is 557 g/mol. The van der Waals surface area contributed by atoms with Gasteiger partial charge in [0.25, 0.3) is 5.91 Å². The highest BCUT2D eigenvalue weighted by Crippen LogP contribution is 2.41. The number of anilines is 1. The third kappa shape index (κ3) is 6.96. The van der Waals surface area contributed by atoms with Crippen LogP contribution in [0, 0.1) is 0 Å². The number of aliphatic imine (C=N–C) groups is 1. The van der Waals surface area contributed by atoms with Gasteiger partial charge in [-0.25, -0.2) is 13.2 Å². The molecule has 0 spiro atoms. The van der Waals surface area contributed by atoms with Gasteiger partial charge in [-0.05, 0) is 49.9 Å². The molecule has 0 saturated carbocycles. The van der Waals surface area contributed by atoms with Crippen LogP contribution in [0.25, 0.3) is 0 Å². The zero-order valence-electron chi connectivity index (χ0n) is 22.4. The van der Waals surface area contributed by atoms with Crippen molar-refractivity contribution < 1.29 is 22.7 Å². The molecule has 204 valence electrons. The van der Waals surface area contributed by atoms with Crippen LogP contribution in [0.1, 0.15) is 51.7 Å². The van der Waals surface area contributed by atoms with Gasteiger partial charge in [0.05, 0.1) is 17.5 Å². The van der Waals surface area contributed by atoms with E-state index in [0.29, 0.717) is 11.1 Å². The SMILES string of the molecule is CC(C)c1ccc(N2C(=NC(=O)[C@H](Cc3ccccc3)NC(=O)OC(C)(C)C)S[C@H]3CS(=O)(=O)C[C@@H]32)cc1. The van der Waals surface area contributed by atoms with E-state index in [0.717, 1.165) is 16.8 Å². The quantitative estimate of drug-likeness (QED) is 0.556. The molecule has 0 aliphatic carbocycles. The summed E-state index contributed by atoms with van der Waals surface area (Å²) in [4.78, 5) is 32.5. The maximum Gasteiger partial charge on any atom is 0.408 e. The van der Waals surface area contributed by atoms with Crippen LogP contribution in [-0.2, 0) is 25.8 Å². The minimum Gasteiger partial charge on any atom is -0.444 e. The van der Waals surface area contributed by atoms with Crippen LogP contribution in [0.2, 0.25) is 0 Å². The minimum absolute atomic E-state index is 0.00735. The summed E-state index contributed by atoms with van der Waals surface area (Å²) in [5.74, 6) is -0.120. The Morgan fingerprint density at radius 3 is 2.34 bits per heavy atom. The molecular formula is C28H35N3O5S2. The van der Waals surface area contributed by atoms with Crippen LogP contribution >= 0.6 is 11.8 Å². The van der Waals surface area contributed by atoms with Crippen molar-refractivity contribution >= 4 is 44.5 Å². The summed E-state index contributed by atoms with van der Waals surface area (Å²) < 4.78 is 30.3. The number of amides is 2. The van der Waals surface area contributed by atoms with E-state index in [1.54, 1.807) is 20.8 Å². The lowest BCUT2D eigenvalue weighted by molar-refractivity contribution is -0.119. The first-order chi connectivity index (χ1) is 17.8. The van der Waals surface area contributed by atoms with Gasteiger partial charge in [0.2, 0.25) is 0 Å². The number of carbonyl (C=O) groups excluding carboxylic acids is 2. The maximum atomic E-state index is 13.6. The highest BCUT2D eigenvalue weighted by atomic mass is 32.2. The molecule has 38 heavy (non-hydrogen) atoms. The maximum absolute atomic E-state index is 13.6. The van der Waals surface area contributed by atoms with Gasteiger partial charge in [-0.1, -0.05) is 68.1 Å². The number of fused-ring (bicyclic) bond motifs is 1. The first-order valence-corrected chi connectivity index (χ1v) is 15.4. The Bertz CT molecular complexity index is 1300. The molecule has 2 fully saturated rings. The Kier molecular flexibility index (Phi) is 8.23. The molecule has 2 aliphatic heterocycles. The second-order valence-corrected chi connectivity index (χ2v) is 14.4. The number of benzene rings is 2. The molecule has 2 aromatic carbocycles. The number of thioether (sulfide) groups is 1. The highest BCUT2D eigenvalue weighted by molar-refractivity contribution is 8.16. The number of sulfone groups is 1. The van der Waals surface area contributed by atoms with Crippen LogP contribution in [0.3, 0.4) is 0 Å². The van der Waals surface area contributed by atoms with E-state index < -0.39 is 33.5 Å². The summed E-state index contributed by atoms with van der Waals surface area (Å²) in [5.41, 5.74) is 2.10. The first kappa shape index (κ1) is 28.2. The molecule has 0 unspecified atom stereocenters. The third-order valence-electron chi connectivity index (χ3n) is 6.38. The number of carbonyl (C=O) groups is 2. The van der Waals surface area contributed by atoms with Crippen molar-refractivity contribution in [3.05, 3.63) is 65.7 Å². The van der Waals surface area contributed by atoms with Crippen LogP contribution in [0.15, 0.2) is 59.6 Å². The van der Waals surface area contributed by atoms with Crippen molar-refractivity contribution in [2.45, 2.75) is 69.9 Å². The Morgan fingerprint density at radius 1 is 1.08 bits per heavy atom. The summed E-state index contributed by atoms with van der Waals surface area (Å²) in [7, 11) is -3.19. The van der Waals surface area contributed by atoms with Gasteiger partial charge in [-0.2, -0.15) is 4.99 Å². The van der Waals surface area contributed by atoms with Crippen LogP contribution in [-0.4, -0.2) is 60.0 Å². The average molecular weight is 558 g/mol. The van der Waals surface area contributed by atoms with E-state index >= 15 is 0 Å². The molecule has 2 aliphatic rings. The van der Waals surface area contributed by atoms with Gasteiger partial charge >= 0.3 is 6.09 Å². The fourth-order valence-corrected chi connectivity index (χ4v) is 8.48. The van der Waals surface area contributed by atoms with Gasteiger partial charge in [0, 0.05) is 17.4 Å². The van der Waals surface area contributed by atoms with E-state index in [2.05, 4.69) is 24.2 Å². The summed E-state index contributed by atoms with van der Waals surface area (Å²) in [6.07, 6.45) is -0.458. The number of hydrogen-bond acceptors (Lipinski definition) is 6. The van der Waals surface area contributed by atoms with Crippen molar-refractivity contribution in [2.75, 3.05) is 16.4 Å². The minimum atomic E-state index is -3.19. The number of ether oxygens (including phenoxy) is 1. The summed E-state index contributed by atoms with van der Waals surface area (Å²) in [5, 5.41) is 2.92. The van der Waals surface area contributed by atoms with E-state index in [4.69, 9.17) is 4.74 Å². The van der Waals surface area contributed by atoms with Crippen LogP contribution in [0.5, 0.6) is 0 Å². The fourth-order valence-electron chi connectivity index (χ4n) is 4.56. The molecule has 2 heterocycles. The van der Waals surface area contributed by atoms with Crippen LogP contribution in [0.4, 0.5) is 10.5 Å². The van der Waals surface area contributed by atoms with Crippen molar-refractivity contribution in [1.82, 2.24) is 5.32 Å². The van der Waals surface area contributed by atoms with Crippen molar-refractivity contribution in [3.63, 3.8) is 0 Å². The normalized spacial score (nSPS) is 22.4. The molecule has 2 saturated heterocycles. The topological polar surface area (TPSA) is 105 Å².